The highest BCUT2D eigenvalue weighted by molar-refractivity contribution is 4.94. The molecular formula is C13H18F3N5. The summed E-state index contributed by atoms with van der Waals surface area (Å²) < 4.78 is 40.2. The molecule has 2 atom stereocenters. The molecule has 0 aliphatic carbocycles. The molecule has 0 saturated heterocycles. The van der Waals surface area contributed by atoms with Gasteiger partial charge in [0.15, 0.2) is 0 Å². The van der Waals surface area contributed by atoms with Crippen LogP contribution in [0.25, 0.3) is 0 Å². The van der Waals surface area contributed by atoms with E-state index in [2.05, 4.69) is 15.4 Å². The Bertz CT molecular complexity index is 546. The molecular weight excluding hydrogens is 283 g/mol. The number of imidazole rings is 1. The summed E-state index contributed by atoms with van der Waals surface area (Å²) in [6.07, 6.45) is 2.02. The van der Waals surface area contributed by atoms with Crippen LogP contribution in [0.2, 0.25) is 0 Å². The molecule has 0 amide bonds. The lowest BCUT2D eigenvalue weighted by molar-refractivity contribution is -0.141. The normalized spacial score (nSPS) is 15.1. The van der Waals surface area contributed by atoms with Crippen molar-refractivity contribution < 1.29 is 13.2 Å². The Kier molecular flexibility index (Phi) is 4.66. The summed E-state index contributed by atoms with van der Waals surface area (Å²) in [5.41, 5.74) is 0. The zero-order valence-corrected chi connectivity index (χ0v) is 11.9. The predicted octanol–water partition coefficient (Wildman–Crippen LogP) is 2.38. The fourth-order valence-corrected chi connectivity index (χ4v) is 2.02. The quantitative estimate of drug-likeness (QED) is 0.891. The van der Waals surface area contributed by atoms with Gasteiger partial charge in [0, 0.05) is 30.8 Å². The molecule has 0 aliphatic rings. The lowest BCUT2D eigenvalue weighted by Crippen LogP contribution is -2.34. The van der Waals surface area contributed by atoms with E-state index in [1.165, 1.54) is 12.4 Å². The van der Waals surface area contributed by atoms with Gasteiger partial charge in [-0.05, 0) is 19.9 Å². The van der Waals surface area contributed by atoms with Crippen molar-refractivity contribution in [3.05, 3.63) is 36.7 Å². The van der Waals surface area contributed by atoms with Crippen LogP contribution in [0, 0.1) is 0 Å². The average molecular weight is 301 g/mol. The van der Waals surface area contributed by atoms with E-state index in [1.54, 1.807) is 10.9 Å². The number of alkyl halides is 3. The fraction of sp³-hybridized carbons (Fsp3) is 0.538. The van der Waals surface area contributed by atoms with Crippen molar-refractivity contribution >= 4 is 0 Å². The van der Waals surface area contributed by atoms with E-state index in [9.17, 15) is 13.2 Å². The molecule has 0 spiro atoms. The molecule has 8 heteroatoms. The minimum Gasteiger partial charge on any atom is -0.325 e. The summed E-state index contributed by atoms with van der Waals surface area (Å²) in [6, 6.07) is 1.96. The molecule has 0 saturated carbocycles. The number of hydrogen-bond acceptors (Lipinski definition) is 3. The Balaban J connectivity index is 1.93. The summed E-state index contributed by atoms with van der Waals surface area (Å²) >= 11 is 0. The second-order valence-corrected chi connectivity index (χ2v) is 4.98. The van der Waals surface area contributed by atoms with Crippen molar-refractivity contribution in [1.29, 1.82) is 0 Å². The highest BCUT2D eigenvalue weighted by atomic mass is 19.4. The molecule has 0 aliphatic heterocycles. The van der Waals surface area contributed by atoms with Crippen molar-refractivity contribution in [2.75, 3.05) is 0 Å². The molecule has 1 N–H and O–H groups in total. The van der Waals surface area contributed by atoms with Crippen LogP contribution in [-0.4, -0.2) is 31.5 Å². The first kappa shape index (κ1) is 15.6. The molecule has 2 rings (SSSR count). The first-order valence-electron chi connectivity index (χ1n) is 6.66. The molecule has 0 bridgehead atoms. The van der Waals surface area contributed by atoms with Crippen LogP contribution < -0.4 is 5.32 Å². The second kappa shape index (κ2) is 6.30. The van der Waals surface area contributed by atoms with Crippen LogP contribution in [0.4, 0.5) is 13.2 Å². The summed E-state index contributed by atoms with van der Waals surface area (Å²) in [5, 5.41) is 7.34. The van der Waals surface area contributed by atoms with Crippen molar-refractivity contribution in [3.8, 4) is 0 Å². The van der Waals surface area contributed by atoms with Gasteiger partial charge in [-0.15, -0.1) is 0 Å². The first-order valence-corrected chi connectivity index (χ1v) is 6.66. The maximum Gasteiger partial charge on any atom is 0.406 e. The Morgan fingerprint density at radius 2 is 2.00 bits per heavy atom. The Labute approximate surface area is 120 Å². The molecule has 0 unspecified atom stereocenters. The minimum atomic E-state index is -4.25. The third-order valence-electron chi connectivity index (χ3n) is 3.40. The van der Waals surface area contributed by atoms with Gasteiger partial charge < -0.3 is 9.88 Å². The molecule has 116 valence electrons. The van der Waals surface area contributed by atoms with Crippen LogP contribution >= 0.6 is 0 Å². The molecule has 2 aromatic rings. The molecule has 0 fully saturated rings. The van der Waals surface area contributed by atoms with Gasteiger partial charge in [-0.1, -0.05) is 0 Å². The van der Waals surface area contributed by atoms with Gasteiger partial charge in [-0.25, -0.2) is 4.98 Å². The maximum atomic E-state index is 12.4. The number of nitrogens with zero attached hydrogens (tertiary/aromatic N) is 4. The van der Waals surface area contributed by atoms with E-state index >= 15 is 0 Å². The lowest BCUT2D eigenvalue weighted by Gasteiger charge is -2.22. The summed E-state index contributed by atoms with van der Waals surface area (Å²) in [6.45, 7) is 3.21. The van der Waals surface area contributed by atoms with Crippen molar-refractivity contribution in [2.45, 2.75) is 45.2 Å². The number of aromatic nitrogens is 4. The van der Waals surface area contributed by atoms with Gasteiger partial charge in [0.25, 0.3) is 0 Å². The third-order valence-corrected chi connectivity index (χ3v) is 3.40. The van der Waals surface area contributed by atoms with E-state index in [4.69, 9.17) is 0 Å². The van der Waals surface area contributed by atoms with Crippen LogP contribution in [0.3, 0.4) is 0 Å². The Morgan fingerprint density at radius 1 is 1.24 bits per heavy atom. The number of halogens is 3. The largest absolute Gasteiger partial charge is 0.406 e. The van der Waals surface area contributed by atoms with Gasteiger partial charge in [0.2, 0.25) is 0 Å². The standard InChI is InChI=1S/C13H18F3N5/c1-10(11(2)21-6-3-4-19-21)18-8-12-17-5-7-20(12)9-13(14,15)16/h3-7,10-11,18H,8-9H2,1-2H3/t10-,11-/m0/s1. The summed E-state index contributed by atoms with van der Waals surface area (Å²) in [5.74, 6) is 0.367. The topological polar surface area (TPSA) is 47.7 Å². The molecule has 2 heterocycles. The summed E-state index contributed by atoms with van der Waals surface area (Å²) in [7, 11) is 0. The average Bonchev–Trinajstić information content (AvgIpc) is 3.04. The summed E-state index contributed by atoms with van der Waals surface area (Å²) in [4.78, 5) is 3.97. The van der Waals surface area contributed by atoms with Gasteiger partial charge in [-0.2, -0.15) is 18.3 Å². The molecule has 21 heavy (non-hydrogen) atoms. The smallest absolute Gasteiger partial charge is 0.325 e. The highest BCUT2D eigenvalue weighted by Gasteiger charge is 2.28. The number of nitrogens with one attached hydrogen (secondary N) is 1. The van der Waals surface area contributed by atoms with Crippen LogP contribution in [0.5, 0.6) is 0 Å². The molecule has 0 aromatic carbocycles. The third kappa shape index (κ3) is 4.32. The molecule has 0 radical (unpaired) electrons. The van der Waals surface area contributed by atoms with Crippen molar-refractivity contribution in [3.63, 3.8) is 0 Å². The number of hydrogen-bond donors (Lipinski definition) is 1. The highest BCUT2D eigenvalue weighted by Crippen LogP contribution is 2.18. The van der Waals surface area contributed by atoms with E-state index in [0.29, 0.717) is 5.82 Å². The van der Waals surface area contributed by atoms with Crippen LogP contribution in [0.15, 0.2) is 30.9 Å². The minimum absolute atomic E-state index is 0.0425. The van der Waals surface area contributed by atoms with Crippen LogP contribution in [-0.2, 0) is 13.1 Å². The van der Waals surface area contributed by atoms with Gasteiger partial charge >= 0.3 is 6.18 Å². The zero-order valence-electron chi connectivity index (χ0n) is 11.9. The fourth-order valence-electron chi connectivity index (χ4n) is 2.02. The zero-order chi connectivity index (χ0) is 15.5. The van der Waals surface area contributed by atoms with Gasteiger partial charge in [-0.3, -0.25) is 4.68 Å². The second-order valence-electron chi connectivity index (χ2n) is 4.98. The first-order chi connectivity index (χ1) is 9.87. The monoisotopic (exact) mass is 301 g/mol. The maximum absolute atomic E-state index is 12.4. The Morgan fingerprint density at radius 3 is 2.62 bits per heavy atom. The SMILES string of the molecule is C[C@H](NCc1nccn1CC(F)(F)F)[C@H](C)n1cccn1. The number of rotatable bonds is 6. The van der Waals surface area contributed by atoms with E-state index in [1.807, 2.05) is 26.1 Å². The van der Waals surface area contributed by atoms with Crippen LogP contribution in [0.1, 0.15) is 25.7 Å². The molecule has 5 nitrogen and oxygen atoms in total. The lowest BCUT2D eigenvalue weighted by atomic mass is 10.2. The Hall–Kier alpha value is -1.83. The van der Waals surface area contributed by atoms with Gasteiger partial charge in [0.1, 0.15) is 12.4 Å². The van der Waals surface area contributed by atoms with E-state index in [0.717, 1.165) is 4.57 Å². The van der Waals surface area contributed by atoms with Crippen molar-refractivity contribution in [1.82, 2.24) is 24.6 Å². The van der Waals surface area contributed by atoms with E-state index in [-0.39, 0.29) is 18.6 Å². The predicted molar refractivity (Wildman–Crippen MR) is 71.5 cm³/mol. The van der Waals surface area contributed by atoms with E-state index < -0.39 is 12.7 Å². The van der Waals surface area contributed by atoms with Crippen molar-refractivity contribution in [2.24, 2.45) is 0 Å². The van der Waals surface area contributed by atoms with Gasteiger partial charge in [0.05, 0.1) is 12.6 Å². The molecule has 2 aromatic heterocycles.